The van der Waals surface area contributed by atoms with E-state index in [0.717, 1.165) is 0 Å². The van der Waals surface area contributed by atoms with Crippen molar-refractivity contribution in [2.45, 2.75) is 13.0 Å². The van der Waals surface area contributed by atoms with Crippen molar-refractivity contribution in [1.82, 2.24) is 20.9 Å². The summed E-state index contributed by atoms with van der Waals surface area (Å²) in [6.07, 6.45) is 0. The van der Waals surface area contributed by atoms with Crippen molar-refractivity contribution < 1.29 is 14.5 Å². The number of non-ortho nitro benzene ring substituents is 1. The molecule has 1 atom stereocenters. The lowest BCUT2D eigenvalue weighted by Crippen LogP contribution is -2.51. The van der Waals surface area contributed by atoms with Crippen molar-refractivity contribution in [3.8, 4) is 0 Å². The highest BCUT2D eigenvalue weighted by Gasteiger charge is 2.34. The van der Waals surface area contributed by atoms with Crippen LogP contribution in [-0.2, 0) is 4.79 Å². The van der Waals surface area contributed by atoms with Crippen LogP contribution in [0.1, 0.15) is 18.5 Å². The van der Waals surface area contributed by atoms with Crippen LogP contribution in [0.3, 0.4) is 0 Å². The molecule has 9 heteroatoms. The monoisotopic (exact) mass is 345 g/mol. The Balaban J connectivity index is 1.99. The van der Waals surface area contributed by atoms with Crippen molar-refractivity contribution in [2.75, 3.05) is 26.2 Å². The van der Waals surface area contributed by atoms with Gasteiger partial charge in [0.05, 0.1) is 16.5 Å². The lowest BCUT2D eigenvalue weighted by Gasteiger charge is -2.34. The number of piperazine rings is 1. The molecule has 9 nitrogen and oxygen atoms in total. The number of allylic oxidation sites excluding steroid dienone is 1. The van der Waals surface area contributed by atoms with E-state index in [9.17, 15) is 19.7 Å². The summed E-state index contributed by atoms with van der Waals surface area (Å²) >= 11 is 0. The maximum absolute atomic E-state index is 13.0. The van der Waals surface area contributed by atoms with E-state index in [1.54, 1.807) is 24.0 Å². The fourth-order valence-electron chi connectivity index (χ4n) is 3.08. The molecule has 2 aliphatic heterocycles. The normalized spacial score (nSPS) is 20.8. The fraction of sp³-hybridized carbons (Fsp3) is 0.375. The van der Waals surface area contributed by atoms with Gasteiger partial charge in [-0.05, 0) is 12.5 Å². The molecule has 0 radical (unpaired) electrons. The van der Waals surface area contributed by atoms with Crippen LogP contribution in [0.15, 0.2) is 35.5 Å². The van der Waals surface area contributed by atoms with Crippen LogP contribution in [0, 0.1) is 10.1 Å². The second-order valence-corrected chi connectivity index (χ2v) is 5.96. The van der Waals surface area contributed by atoms with Crippen molar-refractivity contribution in [3.05, 3.63) is 51.2 Å². The van der Waals surface area contributed by atoms with Crippen LogP contribution >= 0.6 is 0 Å². The zero-order chi connectivity index (χ0) is 18.0. The predicted molar refractivity (Wildman–Crippen MR) is 89.7 cm³/mol. The number of urea groups is 1. The number of nitro benzene ring substituents is 1. The van der Waals surface area contributed by atoms with Crippen molar-refractivity contribution in [1.29, 1.82) is 0 Å². The number of carbonyl (C=O) groups is 2. The number of nitrogens with one attached hydrogen (secondary N) is 3. The number of benzene rings is 1. The minimum absolute atomic E-state index is 0.0862. The highest BCUT2D eigenvalue weighted by atomic mass is 16.6. The van der Waals surface area contributed by atoms with Crippen LogP contribution in [0.4, 0.5) is 10.5 Å². The Morgan fingerprint density at radius 1 is 1.32 bits per heavy atom. The Kier molecular flexibility index (Phi) is 4.66. The summed E-state index contributed by atoms with van der Waals surface area (Å²) in [6.45, 7) is 4.23. The Bertz CT molecular complexity index is 755. The van der Waals surface area contributed by atoms with Gasteiger partial charge < -0.3 is 20.9 Å². The molecule has 1 unspecified atom stereocenters. The number of amides is 3. The summed E-state index contributed by atoms with van der Waals surface area (Å²) in [6, 6.07) is 4.81. The van der Waals surface area contributed by atoms with Crippen molar-refractivity contribution in [3.63, 3.8) is 0 Å². The average molecular weight is 345 g/mol. The molecule has 132 valence electrons. The molecule has 0 bridgehead atoms. The second kappa shape index (κ2) is 6.89. The maximum atomic E-state index is 13.0. The van der Waals surface area contributed by atoms with Crippen LogP contribution < -0.4 is 16.0 Å². The number of rotatable bonds is 3. The molecule has 2 heterocycles. The van der Waals surface area contributed by atoms with Gasteiger partial charge in [0, 0.05) is 44.0 Å². The smallest absolute Gasteiger partial charge is 0.319 e. The largest absolute Gasteiger partial charge is 0.336 e. The molecular formula is C16H19N5O4. The Morgan fingerprint density at radius 3 is 2.72 bits per heavy atom. The van der Waals surface area contributed by atoms with Gasteiger partial charge in [0.15, 0.2) is 0 Å². The van der Waals surface area contributed by atoms with Crippen molar-refractivity contribution >= 4 is 17.6 Å². The molecule has 0 spiro atoms. The number of hydrogen-bond acceptors (Lipinski definition) is 5. The van der Waals surface area contributed by atoms with E-state index in [4.69, 9.17) is 0 Å². The Hall–Kier alpha value is -2.94. The van der Waals surface area contributed by atoms with Gasteiger partial charge in [-0.1, -0.05) is 12.1 Å². The maximum Gasteiger partial charge on any atom is 0.319 e. The second-order valence-electron chi connectivity index (χ2n) is 5.96. The molecule has 3 rings (SSSR count). The summed E-state index contributed by atoms with van der Waals surface area (Å²) < 4.78 is 0. The lowest BCUT2D eigenvalue weighted by atomic mass is 9.94. The zero-order valence-corrected chi connectivity index (χ0v) is 13.7. The third kappa shape index (κ3) is 3.45. The van der Waals surface area contributed by atoms with E-state index in [2.05, 4.69) is 16.0 Å². The zero-order valence-electron chi connectivity index (χ0n) is 13.7. The van der Waals surface area contributed by atoms with Gasteiger partial charge in [-0.25, -0.2) is 4.79 Å². The van der Waals surface area contributed by atoms with E-state index >= 15 is 0 Å². The first-order chi connectivity index (χ1) is 12.0. The number of nitro groups is 1. The molecule has 1 aromatic rings. The molecule has 3 amide bonds. The predicted octanol–water partition coefficient (Wildman–Crippen LogP) is 0.654. The summed E-state index contributed by atoms with van der Waals surface area (Å²) in [7, 11) is 0. The average Bonchev–Trinajstić information content (AvgIpc) is 2.61. The van der Waals surface area contributed by atoms with E-state index < -0.39 is 17.0 Å². The first kappa shape index (κ1) is 16.9. The number of hydrogen-bond donors (Lipinski definition) is 3. The van der Waals surface area contributed by atoms with Crippen LogP contribution in [0.2, 0.25) is 0 Å². The van der Waals surface area contributed by atoms with Crippen LogP contribution in [0.5, 0.6) is 0 Å². The van der Waals surface area contributed by atoms with Crippen LogP contribution in [-0.4, -0.2) is 47.9 Å². The fourth-order valence-corrected chi connectivity index (χ4v) is 3.08. The first-order valence-electron chi connectivity index (χ1n) is 8.00. The topological polar surface area (TPSA) is 117 Å². The molecule has 3 N–H and O–H groups in total. The highest BCUT2D eigenvalue weighted by Crippen LogP contribution is 2.30. The Labute approximate surface area is 144 Å². The molecule has 1 fully saturated rings. The van der Waals surface area contributed by atoms with Crippen LogP contribution in [0.25, 0.3) is 0 Å². The third-order valence-electron chi connectivity index (χ3n) is 4.32. The standard InChI is InChI=1S/C16H19N5O4/c1-10-13(15(22)20-7-5-17-6-8-20)14(19-16(23)18-10)11-3-2-4-12(9-11)21(24)25/h2-4,9,14,17H,5-8H2,1H3,(H2,18,19,23). The summed E-state index contributed by atoms with van der Waals surface area (Å²) in [5, 5.41) is 19.5. The SMILES string of the molecule is CC1=C(C(=O)N2CCNCC2)C(c2cccc([N+](=O)[O-])c2)NC(=O)N1. The molecule has 1 aromatic carbocycles. The molecule has 0 aliphatic carbocycles. The molecule has 2 aliphatic rings. The summed E-state index contributed by atoms with van der Waals surface area (Å²) in [5.74, 6) is -0.178. The summed E-state index contributed by atoms with van der Waals surface area (Å²) in [4.78, 5) is 37.1. The lowest BCUT2D eigenvalue weighted by molar-refractivity contribution is -0.384. The van der Waals surface area contributed by atoms with Gasteiger partial charge in [0.25, 0.3) is 11.6 Å². The molecule has 0 aromatic heterocycles. The quantitative estimate of drug-likeness (QED) is 0.549. The van der Waals surface area contributed by atoms with Gasteiger partial charge in [-0.3, -0.25) is 14.9 Å². The minimum atomic E-state index is -0.726. The molecule has 1 saturated heterocycles. The number of carbonyl (C=O) groups excluding carboxylic acids is 2. The van der Waals surface area contributed by atoms with Gasteiger partial charge in [-0.2, -0.15) is 0 Å². The summed E-state index contributed by atoms with van der Waals surface area (Å²) in [5.41, 5.74) is 1.28. The van der Waals surface area contributed by atoms with Gasteiger partial charge >= 0.3 is 6.03 Å². The Morgan fingerprint density at radius 2 is 2.04 bits per heavy atom. The van der Waals surface area contributed by atoms with E-state index in [-0.39, 0.29) is 11.6 Å². The minimum Gasteiger partial charge on any atom is -0.336 e. The van der Waals surface area contributed by atoms with Crippen molar-refractivity contribution in [2.24, 2.45) is 0 Å². The van der Waals surface area contributed by atoms with E-state index in [1.165, 1.54) is 12.1 Å². The van der Waals surface area contributed by atoms with Gasteiger partial charge in [0.2, 0.25) is 0 Å². The molecule has 0 saturated carbocycles. The van der Waals surface area contributed by atoms with E-state index in [1.807, 2.05) is 0 Å². The number of nitrogens with zero attached hydrogens (tertiary/aromatic N) is 2. The molecule has 25 heavy (non-hydrogen) atoms. The first-order valence-corrected chi connectivity index (χ1v) is 8.00. The molecular weight excluding hydrogens is 326 g/mol. The van der Waals surface area contributed by atoms with Gasteiger partial charge in [0.1, 0.15) is 0 Å². The third-order valence-corrected chi connectivity index (χ3v) is 4.32. The van der Waals surface area contributed by atoms with E-state index in [0.29, 0.717) is 43.0 Å². The van der Waals surface area contributed by atoms with Gasteiger partial charge in [-0.15, -0.1) is 0 Å². The highest BCUT2D eigenvalue weighted by molar-refractivity contribution is 5.98.